The van der Waals surface area contributed by atoms with Crippen LogP contribution >= 0.6 is 12.6 Å². The number of anilines is 1. The van der Waals surface area contributed by atoms with E-state index in [1.165, 1.54) is 5.56 Å². The summed E-state index contributed by atoms with van der Waals surface area (Å²) in [6.07, 6.45) is 0. The number of benzene rings is 1. The highest BCUT2D eigenvalue weighted by Crippen LogP contribution is 2.21. The van der Waals surface area contributed by atoms with Gasteiger partial charge in [0.25, 0.3) is 0 Å². The molecule has 0 aliphatic carbocycles. The number of morpholine rings is 1. The van der Waals surface area contributed by atoms with Crippen molar-refractivity contribution in [2.24, 2.45) is 0 Å². The zero-order valence-electron chi connectivity index (χ0n) is 9.57. The van der Waals surface area contributed by atoms with E-state index in [4.69, 9.17) is 4.74 Å². The van der Waals surface area contributed by atoms with Gasteiger partial charge in [-0.3, -0.25) is 4.90 Å². The average molecular weight is 238 g/mol. The lowest BCUT2D eigenvalue weighted by molar-refractivity contribution is 0.0341. The van der Waals surface area contributed by atoms with Crippen molar-refractivity contribution in [3.63, 3.8) is 0 Å². The fourth-order valence-electron chi connectivity index (χ4n) is 1.90. The summed E-state index contributed by atoms with van der Waals surface area (Å²) in [5.74, 6) is 0. The van der Waals surface area contributed by atoms with Crippen molar-refractivity contribution in [1.82, 2.24) is 4.90 Å². The Labute approximate surface area is 102 Å². The fourth-order valence-corrected chi connectivity index (χ4v) is 2.26. The third-order valence-electron chi connectivity index (χ3n) is 2.84. The SMILES string of the molecule is CNc1ccc(CN2CCOCC2)cc1S. The Hall–Kier alpha value is -0.710. The first-order valence-corrected chi connectivity index (χ1v) is 6.04. The number of hydrogen-bond acceptors (Lipinski definition) is 4. The number of rotatable bonds is 3. The van der Waals surface area contributed by atoms with Crippen molar-refractivity contribution in [2.75, 3.05) is 38.7 Å². The molecule has 0 radical (unpaired) electrons. The monoisotopic (exact) mass is 238 g/mol. The van der Waals surface area contributed by atoms with E-state index in [2.05, 4.69) is 41.0 Å². The predicted octanol–water partition coefficient (Wildman–Crippen LogP) is 1.85. The van der Waals surface area contributed by atoms with Crippen molar-refractivity contribution in [3.8, 4) is 0 Å². The minimum atomic E-state index is 0.850. The molecule has 1 aliphatic heterocycles. The van der Waals surface area contributed by atoms with E-state index in [1.54, 1.807) is 0 Å². The molecule has 1 saturated heterocycles. The van der Waals surface area contributed by atoms with Gasteiger partial charge in [0.15, 0.2) is 0 Å². The van der Waals surface area contributed by atoms with E-state index in [0.29, 0.717) is 0 Å². The maximum Gasteiger partial charge on any atom is 0.0594 e. The summed E-state index contributed by atoms with van der Waals surface area (Å²) in [5, 5.41) is 3.12. The second-order valence-corrected chi connectivity index (χ2v) is 4.47. The molecular weight excluding hydrogens is 220 g/mol. The highest BCUT2D eigenvalue weighted by atomic mass is 32.1. The Morgan fingerprint density at radius 2 is 2.12 bits per heavy atom. The lowest BCUT2D eigenvalue weighted by atomic mass is 10.2. The maximum atomic E-state index is 5.33. The molecule has 0 bridgehead atoms. The van der Waals surface area contributed by atoms with Gasteiger partial charge in [0.1, 0.15) is 0 Å². The van der Waals surface area contributed by atoms with Crippen LogP contribution in [0.15, 0.2) is 23.1 Å². The number of ether oxygens (including phenoxy) is 1. The standard InChI is InChI=1S/C12H18N2OS/c1-13-11-3-2-10(8-12(11)16)9-14-4-6-15-7-5-14/h2-3,8,13,16H,4-7,9H2,1H3. The Bertz CT molecular complexity index is 351. The second-order valence-electron chi connectivity index (χ2n) is 3.99. The average Bonchev–Trinajstić information content (AvgIpc) is 2.31. The molecule has 1 aromatic rings. The quantitative estimate of drug-likeness (QED) is 0.786. The molecule has 1 aliphatic rings. The van der Waals surface area contributed by atoms with Gasteiger partial charge in [-0.2, -0.15) is 0 Å². The van der Waals surface area contributed by atoms with Crippen molar-refractivity contribution in [2.45, 2.75) is 11.4 Å². The third-order valence-corrected chi connectivity index (χ3v) is 3.21. The smallest absolute Gasteiger partial charge is 0.0594 e. The molecule has 4 heteroatoms. The molecule has 0 spiro atoms. The minimum Gasteiger partial charge on any atom is -0.387 e. The van der Waals surface area contributed by atoms with Gasteiger partial charge in [-0.15, -0.1) is 12.6 Å². The molecular formula is C12H18N2OS. The van der Waals surface area contributed by atoms with Gasteiger partial charge in [-0.05, 0) is 17.7 Å². The molecule has 1 aromatic carbocycles. The van der Waals surface area contributed by atoms with Gasteiger partial charge in [-0.25, -0.2) is 0 Å². The number of nitrogens with one attached hydrogen (secondary N) is 1. The highest BCUT2D eigenvalue weighted by Gasteiger charge is 2.10. The summed E-state index contributed by atoms with van der Waals surface area (Å²) < 4.78 is 5.33. The van der Waals surface area contributed by atoms with Crippen LogP contribution in [-0.2, 0) is 11.3 Å². The molecule has 3 nitrogen and oxygen atoms in total. The second kappa shape index (κ2) is 5.57. The molecule has 0 amide bonds. The van der Waals surface area contributed by atoms with Gasteiger partial charge in [0.2, 0.25) is 0 Å². The molecule has 1 N–H and O–H groups in total. The topological polar surface area (TPSA) is 24.5 Å². The summed E-state index contributed by atoms with van der Waals surface area (Å²) in [6, 6.07) is 6.36. The summed E-state index contributed by atoms with van der Waals surface area (Å²) in [7, 11) is 1.91. The molecule has 0 saturated carbocycles. The normalized spacial score (nSPS) is 17.4. The van der Waals surface area contributed by atoms with Gasteiger partial charge >= 0.3 is 0 Å². The van der Waals surface area contributed by atoms with Crippen LogP contribution in [0.1, 0.15) is 5.56 Å². The van der Waals surface area contributed by atoms with Crippen LogP contribution in [0, 0.1) is 0 Å². The first-order valence-electron chi connectivity index (χ1n) is 5.59. The molecule has 1 fully saturated rings. The van der Waals surface area contributed by atoms with Crippen molar-refractivity contribution < 1.29 is 4.74 Å². The van der Waals surface area contributed by atoms with Crippen LogP contribution in [-0.4, -0.2) is 38.3 Å². The van der Waals surface area contributed by atoms with Gasteiger partial charge in [0.05, 0.1) is 13.2 Å². The largest absolute Gasteiger partial charge is 0.387 e. The van der Waals surface area contributed by atoms with Gasteiger partial charge in [0, 0.05) is 37.3 Å². The van der Waals surface area contributed by atoms with E-state index >= 15 is 0 Å². The molecule has 1 heterocycles. The Kier molecular flexibility index (Phi) is 4.09. The van der Waals surface area contributed by atoms with Gasteiger partial charge < -0.3 is 10.1 Å². The summed E-state index contributed by atoms with van der Waals surface area (Å²) in [6.45, 7) is 4.73. The van der Waals surface area contributed by atoms with Crippen LogP contribution in [0.2, 0.25) is 0 Å². The van der Waals surface area contributed by atoms with Crippen molar-refractivity contribution >= 4 is 18.3 Å². The number of nitrogens with zero attached hydrogens (tertiary/aromatic N) is 1. The van der Waals surface area contributed by atoms with E-state index in [-0.39, 0.29) is 0 Å². The van der Waals surface area contributed by atoms with E-state index in [9.17, 15) is 0 Å². The summed E-state index contributed by atoms with van der Waals surface area (Å²) >= 11 is 4.46. The van der Waals surface area contributed by atoms with Gasteiger partial charge in [-0.1, -0.05) is 6.07 Å². The Morgan fingerprint density at radius 3 is 2.75 bits per heavy atom. The number of thiol groups is 1. The lowest BCUT2D eigenvalue weighted by Crippen LogP contribution is -2.35. The number of hydrogen-bond donors (Lipinski definition) is 2. The molecule has 0 atom stereocenters. The third kappa shape index (κ3) is 2.90. The lowest BCUT2D eigenvalue weighted by Gasteiger charge is -2.26. The zero-order chi connectivity index (χ0) is 11.4. The minimum absolute atomic E-state index is 0.850. The van der Waals surface area contributed by atoms with Crippen LogP contribution in [0.25, 0.3) is 0 Å². The summed E-state index contributed by atoms with van der Waals surface area (Å²) in [5.41, 5.74) is 2.39. The first-order chi connectivity index (χ1) is 7.79. The summed E-state index contributed by atoms with van der Waals surface area (Å²) in [4.78, 5) is 3.42. The Balaban J connectivity index is 2.01. The fraction of sp³-hybridized carbons (Fsp3) is 0.500. The van der Waals surface area contributed by atoms with E-state index in [0.717, 1.165) is 43.4 Å². The van der Waals surface area contributed by atoms with Crippen molar-refractivity contribution in [3.05, 3.63) is 23.8 Å². The van der Waals surface area contributed by atoms with Crippen LogP contribution in [0.3, 0.4) is 0 Å². The Morgan fingerprint density at radius 1 is 1.38 bits per heavy atom. The highest BCUT2D eigenvalue weighted by molar-refractivity contribution is 7.80. The molecule has 88 valence electrons. The molecule has 0 unspecified atom stereocenters. The van der Waals surface area contributed by atoms with Crippen LogP contribution < -0.4 is 5.32 Å². The van der Waals surface area contributed by atoms with Crippen LogP contribution in [0.4, 0.5) is 5.69 Å². The van der Waals surface area contributed by atoms with Crippen molar-refractivity contribution in [1.29, 1.82) is 0 Å². The maximum absolute atomic E-state index is 5.33. The van der Waals surface area contributed by atoms with Crippen LogP contribution in [0.5, 0.6) is 0 Å². The molecule has 2 rings (SSSR count). The predicted molar refractivity (Wildman–Crippen MR) is 69.3 cm³/mol. The zero-order valence-corrected chi connectivity index (χ0v) is 10.5. The first kappa shape index (κ1) is 11.8. The van der Waals surface area contributed by atoms with E-state index in [1.807, 2.05) is 7.05 Å². The molecule has 16 heavy (non-hydrogen) atoms. The van der Waals surface area contributed by atoms with E-state index < -0.39 is 0 Å². The molecule has 0 aromatic heterocycles.